The van der Waals surface area contributed by atoms with Crippen LogP contribution in [-0.4, -0.2) is 23.0 Å². The van der Waals surface area contributed by atoms with Gasteiger partial charge in [-0.3, -0.25) is 9.78 Å². The molecular weight excluding hydrogens is 372 g/mol. The van der Waals surface area contributed by atoms with Crippen LogP contribution in [0.4, 0.5) is 5.69 Å². The van der Waals surface area contributed by atoms with E-state index in [0.29, 0.717) is 17.1 Å². The third-order valence-electron chi connectivity index (χ3n) is 4.34. The van der Waals surface area contributed by atoms with Crippen molar-refractivity contribution in [3.05, 3.63) is 71.2 Å². The Morgan fingerprint density at radius 1 is 1.11 bits per heavy atom. The Bertz CT molecular complexity index is 1120. The number of nitrogens with two attached hydrogens (primary N) is 1. The zero-order valence-electron chi connectivity index (χ0n) is 15.2. The largest absolute Gasteiger partial charge is 0.497 e. The molecule has 3 heterocycles. The number of carbonyl (C=O) groups is 1. The number of amides is 1. The summed E-state index contributed by atoms with van der Waals surface area (Å²) in [5.41, 5.74) is 9.17. The first-order chi connectivity index (χ1) is 13.7. The zero-order valence-corrected chi connectivity index (χ0v) is 16.0. The summed E-state index contributed by atoms with van der Waals surface area (Å²) in [6.07, 6.45) is 1.72. The molecule has 28 heavy (non-hydrogen) atoms. The zero-order chi connectivity index (χ0) is 19.5. The molecule has 0 unspecified atom stereocenters. The van der Waals surface area contributed by atoms with E-state index in [0.717, 1.165) is 32.9 Å². The van der Waals surface area contributed by atoms with Crippen LogP contribution in [-0.2, 0) is 6.54 Å². The second-order valence-corrected chi connectivity index (χ2v) is 7.14. The van der Waals surface area contributed by atoms with Gasteiger partial charge in [0.1, 0.15) is 15.5 Å². The number of ether oxygens (including phenoxy) is 1. The molecule has 4 aromatic rings. The Kier molecular flexibility index (Phi) is 4.90. The highest BCUT2D eigenvalue weighted by molar-refractivity contribution is 7.21. The van der Waals surface area contributed by atoms with Crippen LogP contribution < -0.4 is 15.8 Å². The van der Waals surface area contributed by atoms with Gasteiger partial charge in [-0.25, -0.2) is 4.98 Å². The maximum absolute atomic E-state index is 12.6. The van der Waals surface area contributed by atoms with E-state index in [2.05, 4.69) is 15.3 Å². The van der Waals surface area contributed by atoms with Gasteiger partial charge in [-0.05, 0) is 42.0 Å². The van der Waals surface area contributed by atoms with Crippen molar-refractivity contribution in [3.63, 3.8) is 0 Å². The maximum atomic E-state index is 12.6. The monoisotopic (exact) mass is 390 g/mol. The Labute approximate surface area is 166 Å². The van der Waals surface area contributed by atoms with Crippen LogP contribution in [0, 0.1) is 0 Å². The lowest BCUT2D eigenvalue weighted by Gasteiger charge is -2.06. The topological polar surface area (TPSA) is 90.1 Å². The Morgan fingerprint density at radius 3 is 2.64 bits per heavy atom. The quantitative estimate of drug-likeness (QED) is 0.540. The minimum Gasteiger partial charge on any atom is -0.497 e. The van der Waals surface area contributed by atoms with Crippen LogP contribution in [0.2, 0.25) is 0 Å². The Hall–Kier alpha value is -3.45. The number of thiophene rings is 1. The molecule has 7 heteroatoms. The van der Waals surface area contributed by atoms with Crippen LogP contribution in [0.1, 0.15) is 15.2 Å². The Morgan fingerprint density at radius 2 is 1.93 bits per heavy atom. The SMILES string of the molecule is COc1ccc(CNC(=O)c2sc3nc(-c4ccccn4)ccc3c2N)cc1. The maximum Gasteiger partial charge on any atom is 0.263 e. The lowest BCUT2D eigenvalue weighted by Crippen LogP contribution is -2.22. The fourth-order valence-corrected chi connectivity index (χ4v) is 3.84. The molecule has 0 aliphatic rings. The minimum absolute atomic E-state index is 0.212. The fraction of sp³-hybridized carbons (Fsp3) is 0.0952. The number of nitrogens with one attached hydrogen (secondary N) is 1. The van der Waals surface area contributed by atoms with Crippen LogP contribution in [0.5, 0.6) is 5.75 Å². The number of hydrogen-bond acceptors (Lipinski definition) is 6. The van der Waals surface area contributed by atoms with Crippen LogP contribution in [0.25, 0.3) is 21.6 Å². The van der Waals surface area contributed by atoms with Crippen molar-refractivity contribution in [1.29, 1.82) is 0 Å². The molecule has 0 spiro atoms. The molecule has 0 aliphatic heterocycles. The van der Waals surface area contributed by atoms with E-state index in [-0.39, 0.29) is 5.91 Å². The van der Waals surface area contributed by atoms with Crippen molar-refractivity contribution >= 4 is 33.1 Å². The van der Waals surface area contributed by atoms with Gasteiger partial charge < -0.3 is 15.8 Å². The van der Waals surface area contributed by atoms with Gasteiger partial charge in [0.05, 0.1) is 24.2 Å². The van der Waals surface area contributed by atoms with E-state index in [4.69, 9.17) is 10.5 Å². The summed E-state index contributed by atoms with van der Waals surface area (Å²) in [6, 6.07) is 17.0. The van der Waals surface area contributed by atoms with E-state index >= 15 is 0 Å². The number of nitrogens with zero attached hydrogens (tertiary/aromatic N) is 2. The smallest absolute Gasteiger partial charge is 0.263 e. The van der Waals surface area contributed by atoms with Crippen LogP contribution in [0.15, 0.2) is 60.8 Å². The van der Waals surface area contributed by atoms with Crippen molar-refractivity contribution < 1.29 is 9.53 Å². The van der Waals surface area contributed by atoms with Crippen molar-refractivity contribution in [2.75, 3.05) is 12.8 Å². The highest BCUT2D eigenvalue weighted by Crippen LogP contribution is 2.33. The van der Waals surface area contributed by atoms with E-state index in [1.54, 1.807) is 13.3 Å². The summed E-state index contributed by atoms with van der Waals surface area (Å²) in [5.74, 6) is 0.564. The molecule has 3 aromatic heterocycles. The lowest BCUT2D eigenvalue weighted by atomic mass is 10.2. The number of methoxy groups -OCH3 is 1. The first-order valence-corrected chi connectivity index (χ1v) is 9.49. The highest BCUT2D eigenvalue weighted by atomic mass is 32.1. The first kappa shape index (κ1) is 17.9. The second kappa shape index (κ2) is 7.66. The van der Waals surface area contributed by atoms with Crippen LogP contribution >= 0.6 is 11.3 Å². The number of carbonyl (C=O) groups excluding carboxylic acids is 1. The number of hydrogen-bond donors (Lipinski definition) is 2. The van der Waals surface area contributed by atoms with Crippen molar-refractivity contribution in [2.45, 2.75) is 6.54 Å². The van der Waals surface area contributed by atoms with Gasteiger partial charge >= 0.3 is 0 Å². The number of nitrogen functional groups attached to an aromatic ring is 1. The summed E-state index contributed by atoms with van der Waals surface area (Å²) in [5, 5.41) is 3.69. The van der Waals surface area contributed by atoms with Gasteiger partial charge in [-0.1, -0.05) is 18.2 Å². The number of benzene rings is 1. The molecule has 0 bridgehead atoms. The molecule has 4 rings (SSSR count). The van der Waals surface area contributed by atoms with E-state index in [9.17, 15) is 4.79 Å². The van der Waals surface area contributed by atoms with Crippen molar-refractivity contribution in [2.24, 2.45) is 0 Å². The highest BCUT2D eigenvalue weighted by Gasteiger charge is 2.17. The third kappa shape index (κ3) is 3.52. The van der Waals surface area contributed by atoms with Gasteiger partial charge in [0, 0.05) is 18.1 Å². The average molecular weight is 390 g/mol. The molecule has 0 fully saturated rings. The number of rotatable bonds is 5. The number of pyridine rings is 2. The molecular formula is C21H18N4O2S. The molecule has 0 saturated carbocycles. The molecule has 1 aromatic carbocycles. The minimum atomic E-state index is -0.212. The molecule has 0 atom stereocenters. The van der Waals surface area contributed by atoms with Crippen LogP contribution in [0.3, 0.4) is 0 Å². The Balaban J connectivity index is 1.55. The predicted octanol–water partition coefficient (Wildman–Crippen LogP) is 3.88. The van der Waals surface area contributed by atoms with Gasteiger partial charge in [-0.2, -0.15) is 0 Å². The number of fused-ring (bicyclic) bond motifs is 1. The lowest BCUT2D eigenvalue weighted by molar-refractivity contribution is 0.0956. The first-order valence-electron chi connectivity index (χ1n) is 8.67. The third-order valence-corrected chi connectivity index (χ3v) is 5.45. The van der Waals surface area contributed by atoms with E-state index in [1.807, 2.05) is 54.6 Å². The molecule has 0 aliphatic carbocycles. The second-order valence-electron chi connectivity index (χ2n) is 6.14. The predicted molar refractivity (Wildman–Crippen MR) is 111 cm³/mol. The molecule has 0 radical (unpaired) electrons. The molecule has 140 valence electrons. The van der Waals surface area contributed by atoms with Crippen molar-refractivity contribution in [1.82, 2.24) is 15.3 Å². The summed E-state index contributed by atoms with van der Waals surface area (Å²) >= 11 is 1.29. The summed E-state index contributed by atoms with van der Waals surface area (Å²) in [6.45, 7) is 0.406. The van der Waals surface area contributed by atoms with Gasteiger partial charge in [0.15, 0.2) is 0 Å². The molecule has 3 N–H and O–H groups in total. The molecule has 1 amide bonds. The number of aromatic nitrogens is 2. The summed E-state index contributed by atoms with van der Waals surface area (Å²) < 4.78 is 5.14. The molecule has 6 nitrogen and oxygen atoms in total. The van der Waals surface area contributed by atoms with Gasteiger partial charge in [-0.15, -0.1) is 11.3 Å². The van der Waals surface area contributed by atoms with Crippen molar-refractivity contribution in [3.8, 4) is 17.1 Å². The number of anilines is 1. The summed E-state index contributed by atoms with van der Waals surface area (Å²) in [4.78, 5) is 22.8. The fourth-order valence-electron chi connectivity index (χ4n) is 2.83. The standard InChI is InChI=1S/C21H18N4O2S/c1-27-14-7-5-13(6-8-14)12-24-20(26)19-18(22)15-9-10-17(25-21(15)28-19)16-4-2-3-11-23-16/h2-11H,12,22H2,1H3,(H,24,26). The molecule has 0 saturated heterocycles. The van der Waals surface area contributed by atoms with E-state index < -0.39 is 0 Å². The van der Waals surface area contributed by atoms with E-state index in [1.165, 1.54) is 11.3 Å². The summed E-state index contributed by atoms with van der Waals surface area (Å²) in [7, 11) is 1.62. The van der Waals surface area contributed by atoms with Gasteiger partial charge in [0.2, 0.25) is 0 Å². The van der Waals surface area contributed by atoms with Gasteiger partial charge in [0.25, 0.3) is 5.91 Å². The normalized spacial score (nSPS) is 10.8. The average Bonchev–Trinajstić information content (AvgIpc) is 3.09.